The quantitative estimate of drug-likeness (QED) is 0.646. The molecule has 1 aliphatic heterocycles. The van der Waals surface area contributed by atoms with Crippen LogP contribution in [0.3, 0.4) is 0 Å². The fraction of sp³-hybridized carbons (Fsp3) is 0.667. The van der Waals surface area contributed by atoms with Gasteiger partial charge in [-0.15, -0.1) is 10.2 Å². The maximum atomic E-state index is 5.78. The van der Waals surface area contributed by atoms with Crippen molar-refractivity contribution in [1.82, 2.24) is 35.5 Å². The van der Waals surface area contributed by atoms with Gasteiger partial charge in [-0.1, -0.05) is 6.92 Å². The lowest BCUT2D eigenvalue weighted by Gasteiger charge is -2.22. The topological polar surface area (TPSA) is 93.8 Å². The van der Waals surface area contributed by atoms with Crippen LogP contribution >= 0.6 is 0 Å². The minimum atomic E-state index is 0.0247. The molecule has 0 aromatic carbocycles. The van der Waals surface area contributed by atoms with Crippen molar-refractivity contribution in [3.8, 4) is 11.5 Å². The summed E-state index contributed by atoms with van der Waals surface area (Å²) in [6, 6.07) is 1.95. The molecular weight excluding hydrogens is 308 g/mol. The number of rotatable bonds is 7. The number of hydrogen-bond acceptors (Lipinski definition) is 7. The third-order valence-corrected chi connectivity index (χ3v) is 4.23. The molecule has 2 atom stereocenters. The van der Waals surface area contributed by atoms with Gasteiger partial charge < -0.3 is 10.2 Å². The van der Waals surface area contributed by atoms with Crippen molar-refractivity contribution in [2.75, 3.05) is 32.7 Å². The largest absolute Gasteiger partial charge is 0.357 e. The molecule has 1 saturated heterocycles. The normalized spacial score (nSPS) is 19.4. The van der Waals surface area contributed by atoms with Gasteiger partial charge in [0.2, 0.25) is 5.82 Å². The van der Waals surface area contributed by atoms with E-state index in [1.54, 1.807) is 0 Å². The summed E-state index contributed by atoms with van der Waals surface area (Å²) in [4.78, 5) is 0. The van der Waals surface area contributed by atoms with Crippen molar-refractivity contribution in [2.45, 2.75) is 38.3 Å². The highest BCUT2D eigenvalue weighted by atomic mass is 16.5. The molecule has 0 radical (unpaired) electrons. The number of hydrazine groups is 1. The number of aromatic nitrogens is 5. The summed E-state index contributed by atoms with van der Waals surface area (Å²) in [5.74, 6) is 1.76. The van der Waals surface area contributed by atoms with Gasteiger partial charge in [0.05, 0.1) is 0 Å². The molecule has 2 unspecified atom stereocenters. The van der Waals surface area contributed by atoms with E-state index in [1.165, 1.54) is 6.42 Å². The summed E-state index contributed by atoms with van der Waals surface area (Å²) in [5.41, 5.74) is 9.96. The summed E-state index contributed by atoms with van der Waals surface area (Å²) in [7, 11) is 3.71. The van der Waals surface area contributed by atoms with Crippen LogP contribution in [0, 0.1) is 0 Å². The van der Waals surface area contributed by atoms with Gasteiger partial charge in [0, 0.05) is 32.3 Å². The van der Waals surface area contributed by atoms with Crippen molar-refractivity contribution in [1.29, 1.82) is 0 Å². The summed E-state index contributed by atoms with van der Waals surface area (Å²) < 4.78 is 9.55. The lowest BCUT2D eigenvalue weighted by Crippen LogP contribution is -2.32. The summed E-state index contributed by atoms with van der Waals surface area (Å²) in [5, 5.41) is 13.3. The monoisotopic (exact) mass is 334 g/mol. The van der Waals surface area contributed by atoms with Crippen LogP contribution in [0.4, 0.5) is 0 Å². The maximum Gasteiger partial charge on any atom is 0.203 e. The van der Waals surface area contributed by atoms with Gasteiger partial charge in [-0.05, 0) is 32.4 Å². The lowest BCUT2D eigenvalue weighted by molar-refractivity contribution is -0.0393. The van der Waals surface area contributed by atoms with Gasteiger partial charge in [-0.25, -0.2) is 9.36 Å². The van der Waals surface area contributed by atoms with Gasteiger partial charge in [0.25, 0.3) is 0 Å². The fourth-order valence-corrected chi connectivity index (χ4v) is 2.90. The van der Waals surface area contributed by atoms with E-state index in [2.05, 4.69) is 38.5 Å². The Kier molecular flexibility index (Phi) is 5.44. The molecule has 132 valence electrons. The van der Waals surface area contributed by atoms with Crippen molar-refractivity contribution < 1.29 is 4.74 Å². The molecule has 9 nitrogen and oxygen atoms in total. The molecule has 2 aromatic rings. The first-order valence-corrected chi connectivity index (χ1v) is 8.44. The second-order valence-electron chi connectivity index (χ2n) is 5.97. The zero-order valence-electron chi connectivity index (χ0n) is 14.5. The molecule has 0 bridgehead atoms. The van der Waals surface area contributed by atoms with Crippen molar-refractivity contribution in [2.24, 2.45) is 0 Å². The smallest absolute Gasteiger partial charge is 0.203 e. The van der Waals surface area contributed by atoms with E-state index in [4.69, 9.17) is 4.74 Å². The molecule has 0 saturated carbocycles. The molecule has 0 amide bonds. The fourth-order valence-electron chi connectivity index (χ4n) is 2.90. The van der Waals surface area contributed by atoms with Crippen molar-refractivity contribution in [3.63, 3.8) is 0 Å². The summed E-state index contributed by atoms with van der Waals surface area (Å²) in [6.07, 6.45) is 5.27. The Morgan fingerprint density at radius 3 is 2.92 bits per heavy atom. The minimum absolute atomic E-state index is 0.0247. The van der Waals surface area contributed by atoms with Crippen LogP contribution in [-0.4, -0.2) is 51.9 Å². The van der Waals surface area contributed by atoms with Crippen molar-refractivity contribution >= 4 is 0 Å². The van der Waals surface area contributed by atoms with Crippen LogP contribution in [0.25, 0.3) is 11.5 Å². The Balaban J connectivity index is 1.81. The average molecular weight is 334 g/mol. The van der Waals surface area contributed by atoms with E-state index in [9.17, 15) is 0 Å². The Hall–Kier alpha value is -1.97. The van der Waals surface area contributed by atoms with Crippen LogP contribution in [0.2, 0.25) is 0 Å². The van der Waals surface area contributed by atoms with E-state index < -0.39 is 0 Å². The average Bonchev–Trinajstić information content (AvgIpc) is 3.26. The first-order valence-electron chi connectivity index (χ1n) is 8.44. The first kappa shape index (κ1) is 16.9. The molecule has 3 heterocycles. The predicted octanol–water partition coefficient (Wildman–Crippen LogP) is 0.841. The van der Waals surface area contributed by atoms with Crippen LogP contribution in [0.5, 0.6) is 0 Å². The predicted molar refractivity (Wildman–Crippen MR) is 90.8 cm³/mol. The Morgan fingerprint density at radius 2 is 2.21 bits per heavy atom. The molecule has 2 aromatic heterocycles. The molecule has 1 aliphatic rings. The zero-order valence-corrected chi connectivity index (χ0v) is 14.5. The molecule has 24 heavy (non-hydrogen) atoms. The third kappa shape index (κ3) is 3.42. The van der Waals surface area contributed by atoms with Crippen LogP contribution in [0.1, 0.15) is 44.2 Å². The molecular formula is C15H26N8O. The molecule has 3 N–H and O–H groups in total. The number of hydrogen-bond donors (Lipinski definition) is 3. The van der Waals surface area contributed by atoms with Crippen molar-refractivity contribution in [3.05, 3.63) is 18.1 Å². The highest BCUT2D eigenvalue weighted by molar-refractivity contribution is 5.49. The third-order valence-electron chi connectivity index (χ3n) is 4.23. The minimum Gasteiger partial charge on any atom is -0.357 e. The maximum absolute atomic E-state index is 5.78. The van der Waals surface area contributed by atoms with E-state index in [0.29, 0.717) is 5.82 Å². The van der Waals surface area contributed by atoms with Gasteiger partial charge in [-0.3, -0.25) is 10.9 Å². The Morgan fingerprint density at radius 1 is 1.33 bits per heavy atom. The van der Waals surface area contributed by atoms with E-state index >= 15 is 0 Å². The van der Waals surface area contributed by atoms with Gasteiger partial charge >= 0.3 is 0 Å². The Labute approximate surface area is 141 Å². The SMILES string of the molecule is CNNCC(C)c1nnc(-c2ccn(C3CCCCO3)n2)n1NC. The van der Waals surface area contributed by atoms with E-state index in [-0.39, 0.29) is 12.1 Å². The molecule has 0 aliphatic carbocycles. The number of ether oxygens (including phenoxy) is 1. The highest BCUT2D eigenvalue weighted by Gasteiger charge is 2.22. The number of nitrogens with one attached hydrogen (secondary N) is 3. The second-order valence-corrected chi connectivity index (χ2v) is 5.97. The number of nitrogens with zero attached hydrogens (tertiary/aromatic N) is 5. The standard InChI is InChI=1S/C15H26N8O/c1-11(10-18-16-2)14-19-20-15(23(14)17-3)12-7-8-22(21-12)13-6-4-5-9-24-13/h7-8,11,13,16-18H,4-6,9-10H2,1-3H3. The van der Waals surface area contributed by atoms with E-state index in [1.807, 2.05) is 35.7 Å². The molecule has 1 fully saturated rings. The first-order chi connectivity index (χ1) is 11.7. The molecule has 3 rings (SSSR count). The Bertz CT molecular complexity index is 646. The van der Waals surface area contributed by atoms with Gasteiger partial charge in [0.15, 0.2) is 5.82 Å². The lowest BCUT2D eigenvalue weighted by atomic mass is 10.2. The van der Waals surface area contributed by atoms with Crippen LogP contribution in [0.15, 0.2) is 12.3 Å². The second kappa shape index (κ2) is 7.73. The highest BCUT2D eigenvalue weighted by Crippen LogP contribution is 2.24. The zero-order chi connectivity index (χ0) is 16.9. The van der Waals surface area contributed by atoms with Crippen LogP contribution < -0.4 is 16.3 Å². The summed E-state index contributed by atoms with van der Waals surface area (Å²) in [6.45, 7) is 3.65. The molecule has 9 heteroatoms. The van der Waals surface area contributed by atoms with Gasteiger partial charge in [-0.2, -0.15) is 5.10 Å². The van der Waals surface area contributed by atoms with E-state index in [0.717, 1.165) is 37.5 Å². The summed E-state index contributed by atoms with van der Waals surface area (Å²) >= 11 is 0. The molecule has 0 spiro atoms. The van der Waals surface area contributed by atoms with Crippen LogP contribution in [-0.2, 0) is 4.74 Å². The van der Waals surface area contributed by atoms with Gasteiger partial charge in [0.1, 0.15) is 11.9 Å².